The Bertz CT molecular complexity index is 391. The van der Waals surface area contributed by atoms with Crippen molar-refractivity contribution in [3.63, 3.8) is 0 Å². The number of nitrogens with one attached hydrogen (secondary N) is 2. The van der Waals surface area contributed by atoms with E-state index in [1.54, 1.807) is 0 Å². The Balaban J connectivity index is 1.78. The molecule has 4 unspecified atom stereocenters. The highest BCUT2D eigenvalue weighted by Crippen LogP contribution is 2.34. The molecule has 2 fully saturated rings. The average molecular weight is 302 g/mol. The number of hydrogen-bond donors (Lipinski definition) is 2. The molecule has 1 aliphatic carbocycles. The van der Waals surface area contributed by atoms with Crippen LogP contribution in [0.2, 0.25) is 0 Å². The number of rotatable bonds is 6. The summed E-state index contributed by atoms with van der Waals surface area (Å²) >= 11 is 0. The minimum absolute atomic E-state index is 0.157. The van der Waals surface area contributed by atoms with Crippen molar-refractivity contribution in [1.82, 2.24) is 10.0 Å². The first-order valence-corrected chi connectivity index (χ1v) is 9.90. The van der Waals surface area contributed by atoms with Crippen molar-refractivity contribution in [2.24, 2.45) is 11.8 Å². The van der Waals surface area contributed by atoms with Crippen LogP contribution in [0.25, 0.3) is 0 Å². The number of piperidine rings is 1. The largest absolute Gasteiger partial charge is 0.314 e. The first-order valence-electron chi connectivity index (χ1n) is 8.25. The lowest BCUT2D eigenvalue weighted by atomic mass is 9.94. The fourth-order valence-corrected chi connectivity index (χ4v) is 5.25. The highest BCUT2D eigenvalue weighted by Gasteiger charge is 2.34. The van der Waals surface area contributed by atoms with Crippen molar-refractivity contribution in [3.05, 3.63) is 0 Å². The van der Waals surface area contributed by atoms with Gasteiger partial charge in [0.1, 0.15) is 0 Å². The molecule has 0 amide bonds. The van der Waals surface area contributed by atoms with Crippen molar-refractivity contribution in [3.8, 4) is 0 Å². The number of hydrogen-bond acceptors (Lipinski definition) is 3. The van der Waals surface area contributed by atoms with Crippen LogP contribution in [-0.2, 0) is 10.0 Å². The van der Waals surface area contributed by atoms with Crippen LogP contribution in [0.5, 0.6) is 0 Å². The first kappa shape index (κ1) is 16.2. The van der Waals surface area contributed by atoms with Crippen molar-refractivity contribution in [1.29, 1.82) is 0 Å². The van der Waals surface area contributed by atoms with Gasteiger partial charge >= 0.3 is 0 Å². The molecule has 4 atom stereocenters. The molecule has 2 aliphatic rings. The molecule has 20 heavy (non-hydrogen) atoms. The van der Waals surface area contributed by atoms with Crippen molar-refractivity contribution >= 4 is 10.0 Å². The molecule has 0 radical (unpaired) electrons. The van der Waals surface area contributed by atoms with E-state index in [0.717, 1.165) is 38.6 Å². The highest BCUT2D eigenvalue weighted by molar-refractivity contribution is 7.89. The maximum atomic E-state index is 12.2. The zero-order valence-corrected chi connectivity index (χ0v) is 13.7. The molecular weight excluding hydrogens is 272 g/mol. The van der Waals surface area contributed by atoms with Crippen LogP contribution in [-0.4, -0.2) is 32.8 Å². The van der Waals surface area contributed by atoms with Gasteiger partial charge in [-0.25, -0.2) is 13.1 Å². The fraction of sp³-hybridized carbons (Fsp3) is 1.00. The van der Waals surface area contributed by atoms with Crippen LogP contribution in [0.4, 0.5) is 0 Å². The predicted octanol–water partition coefficient (Wildman–Crippen LogP) is 2.26. The molecule has 1 saturated heterocycles. The number of sulfonamides is 1. The van der Waals surface area contributed by atoms with E-state index < -0.39 is 10.0 Å². The van der Waals surface area contributed by atoms with E-state index in [2.05, 4.69) is 23.9 Å². The van der Waals surface area contributed by atoms with Crippen molar-refractivity contribution in [2.75, 3.05) is 12.3 Å². The molecule has 5 heteroatoms. The van der Waals surface area contributed by atoms with Gasteiger partial charge in [-0.15, -0.1) is 0 Å². The Morgan fingerprint density at radius 3 is 2.60 bits per heavy atom. The van der Waals surface area contributed by atoms with Crippen LogP contribution >= 0.6 is 0 Å². The third-order valence-corrected chi connectivity index (χ3v) is 6.66. The minimum atomic E-state index is -3.12. The van der Waals surface area contributed by atoms with Gasteiger partial charge in [-0.05, 0) is 50.5 Å². The molecule has 0 aromatic rings. The predicted molar refractivity (Wildman–Crippen MR) is 83.1 cm³/mol. The van der Waals surface area contributed by atoms with E-state index in [0.29, 0.717) is 17.9 Å². The van der Waals surface area contributed by atoms with Crippen LogP contribution in [0.1, 0.15) is 58.8 Å². The van der Waals surface area contributed by atoms with E-state index >= 15 is 0 Å². The summed E-state index contributed by atoms with van der Waals surface area (Å²) in [7, 11) is -3.12. The smallest absolute Gasteiger partial charge is 0.211 e. The van der Waals surface area contributed by atoms with Crippen LogP contribution < -0.4 is 10.0 Å². The van der Waals surface area contributed by atoms with Gasteiger partial charge in [0.15, 0.2) is 0 Å². The lowest BCUT2D eigenvalue weighted by molar-refractivity contribution is 0.367. The Morgan fingerprint density at radius 1 is 1.20 bits per heavy atom. The van der Waals surface area contributed by atoms with Gasteiger partial charge in [-0.1, -0.05) is 26.7 Å². The van der Waals surface area contributed by atoms with E-state index in [1.165, 1.54) is 12.8 Å². The maximum Gasteiger partial charge on any atom is 0.211 e. The second-order valence-electron chi connectivity index (χ2n) is 6.58. The molecule has 1 heterocycles. The van der Waals surface area contributed by atoms with Crippen LogP contribution in [0.3, 0.4) is 0 Å². The first-order chi connectivity index (χ1) is 9.52. The zero-order chi connectivity index (χ0) is 14.6. The second-order valence-corrected chi connectivity index (χ2v) is 8.46. The van der Waals surface area contributed by atoms with E-state index in [-0.39, 0.29) is 11.8 Å². The Labute approximate surface area is 124 Å². The molecule has 0 spiro atoms. The molecule has 0 aromatic carbocycles. The summed E-state index contributed by atoms with van der Waals surface area (Å²) in [6.45, 7) is 5.43. The summed E-state index contributed by atoms with van der Waals surface area (Å²) in [5.41, 5.74) is 0. The molecule has 0 bridgehead atoms. The van der Waals surface area contributed by atoms with Gasteiger partial charge in [0.2, 0.25) is 10.0 Å². The van der Waals surface area contributed by atoms with Crippen LogP contribution in [0.15, 0.2) is 0 Å². The van der Waals surface area contributed by atoms with Crippen LogP contribution in [0, 0.1) is 11.8 Å². The Morgan fingerprint density at radius 2 is 2.00 bits per heavy atom. The highest BCUT2D eigenvalue weighted by atomic mass is 32.2. The fourth-order valence-electron chi connectivity index (χ4n) is 3.75. The summed E-state index contributed by atoms with van der Waals surface area (Å²) in [5.74, 6) is 1.43. The van der Waals surface area contributed by atoms with Gasteiger partial charge in [-0.3, -0.25) is 0 Å². The molecule has 2 N–H and O–H groups in total. The summed E-state index contributed by atoms with van der Waals surface area (Å²) in [6, 6.07) is 0.550. The second kappa shape index (κ2) is 7.23. The Kier molecular flexibility index (Phi) is 5.87. The average Bonchev–Trinajstić information content (AvgIpc) is 2.78. The van der Waals surface area contributed by atoms with Gasteiger partial charge in [0.25, 0.3) is 0 Å². The van der Waals surface area contributed by atoms with Gasteiger partial charge in [0.05, 0.1) is 5.75 Å². The van der Waals surface area contributed by atoms with E-state index in [4.69, 9.17) is 0 Å². The summed E-state index contributed by atoms with van der Waals surface area (Å²) in [6.07, 6.45) is 7.63. The lowest BCUT2D eigenvalue weighted by Crippen LogP contribution is -2.41. The minimum Gasteiger partial charge on any atom is -0.314 e. The zero-order valence-electron chi connectivity index (χ0n) is 12.9. The quantitative estimate of drug-likeness (QED) is 0.791. The molecule has 1 aliphatic heterocycles. The van der Waals surface area contributed by atoms with Crippen molar-refractivity contribution in [2.45, 2.75) is 70.9 Å². The summed E-state index contributed by atoms with van der Waals surface area (Å²) < 4.78 is 27.4. The summed E-state index contributed by atoms with van der Waals surface area (Å²) in [4.78, 5) is 0. The molecule has 118 valence electrons. The summed E-state index contributed by atoms with van der Waals surface area (Å²) in [5, 5.41) is 3.42. The van der Waals surface area contributed by atoms with Gasteiger partial charge in [0, 0.05) is 12.1 Å². The normalized spacial score (nSPS) is 35.3. The molecule has 2 rings (SSSR count). The third-order valence-electron chi connectivity index (χ3n) is 5.23. The standard InChI is InChI=1S/C15H30N2O2S/c1-3-13-7-8-15(12(13)2)17-20(18,19)11-9-14-6-4-5-10-16-14/h12-17H,3-11H2,1-2H3. The molecular formula is C15H30N2O2S. The molecule has 4 nitrogen and oxygen atoms in total. The van der Waals surface area contributed by atoms with E-state index in [9.17, 15) is 8.42 Å². The van der Waals surface area contributed by atoms with Gasteiger partial charge in [-0.2, -0.15) is 0 Å². The maximum absolute atomic E-state index is 12.2. The third kappa shape index (κ3) is 4.43. The lowest BCUT2D eigenvalue weighted by Gasteiger charge is -2.24. The topological polar surface area (TPSA) is 58.2 Å². The Hall–Kier alpha value is -0.130. The van der Waals surface area contributed by atoms with E-state index in [1.807, 2.05) is 0 Å². The monoisotopic (exact) mass is 302 g/mol. The molecule has 0 aromatic heterocycles. The molecule has 1 saturated carbocycles. The van der Waals surface area contributed by atoms with Crippen molar-refractivity contribution < 1.29 is 8.42 Å². The SMILES string of the molecule is CCC1CCC(NS(=O)(=O)CCC2CCCCN2)C1C. The van der Waals surface area contributed by atoms with Gasteiger partial charge < -0.3 is 5.32 Å².